The van der Waals surface area contributed by atoms with Gasteiger partial charge < -0.3 is 19.9 Å². The Kier molecular flexibility index (Phi) is 5.80. The van der Waals surface area contributed by atoms with E-state index in [1.807, 2.05) is 29.2 Å². The Bertz CT molecular complexity index is 1380. The van der Waals surface area contributed by atoms with Gasteiger partial charge in [-0.25, -0.2) is 0 Å². The van der Waals surface area contributed by atoms with Crippen molar-refractivity contribution in [3.8, 4) is 11.4 Å². The lowest BCUT2D eigenvalue weighted by atomic mass is 9.96. The maximum Gasteiger partial charge on any atom is 0.174 e. The van der Waals surface area contributed by atoms with Gasteiger partial charge in [0.2, 0.25) is 0 Å². The van der Waals surface area contributed by atoms with Crippen molar-refractivity contribution in [2.75, 3.05) is 4.90 Å². The number of pyridine rings is 1. The predicted octanol–water partition coefficient (Wildman–Crippen LogP) is 6.33. The molecule has 0 radical (unpaired) electrons. The van der Waals surface area contributed by atoms with Crippen LogP contribution in [-0.4, -0.2) is 19.8 Å². The molecule has 172 valence electrons. The first-order chi connectivity index (χ1) is 16.4. The van der Waals surface area contributed by atoms with E-state index < -0.39 is 0 Å². The number of hydrogen-bond acceptors (Lipinski definition) is 3. The van der Waals surface area contributed by atoms with E-state index in [2.05, 4.69) is 59.9 Å². The smallest absolute Gasteiger partial charge is 0.174 e. The average Bonchev–Trinajstić information content (AvgIpc) is 3.32. The molecule has 1 fully saturated rings. The molecule has 0 aliphatic carbocycles. The van der Waals surface area contributed by atoms with E-state index in [0.717, 1.165) is 28.3 Å². The fraction of sp³-hybridized carbons (Fsp3) is 0.185. The molecule has 2 N–H and O–H groups in total. The summed E-state index contributed by atoms with van der Waals surface area (Å²) >= 11 is 12.1. The summed E-state index contributed by atoms with van der Waals surface area (Å²) in [4.78, 5) is 6.58. The number of anilines is 1. The highest BCUT2D eigenvalue weighted by Gasteiger charge is 2.43. The monoisotopic (exact) mass is 488 g/mol. The van der Waals surface area contributed by atoms with Crippen molar-refractivity contribution in [2.24, 2.45) is 0 Å². The first kappa shape index (κ1) is 22.4. The number of aryl methyl sites for hydroxylation is 2. The van der Waals surface area contributed by atoms with E-state index in [1.54, 1.807) is 24.4 Å². The number of nitrogens with one attached hydrogen (secondary N) is 1. The van der Waals surface area contributed by atoms with E-state index in [0.29, 0.717) is 15.8 Å². The molecule has 1 aliphatic rings. The molecule has 1 saturated heterocycles. The molecule has 2 aromatic carbocycles. The predicted molar refractivity (Wildman–Crippen MR) is 141 cm³/mol. The molecule has 0 amide bonds. The van der Waals surface area contributed by atoms with Gasteiger partial charge in [0.05, 0.1) is 23.5 Å². The molecule has 4 aromatic rings. The van der Waals surface area contributed by atoms with Gasteiger partial charge >= 0.3 is 0 Å². The van der Waals surface area contributed by atoms with Gasteiger partial charge in [0.1, 0.15) is 5.75 Å². The number of hydrogen-bond donors (Lipinski definition) is 2. The van der Waals surface area contributed by atoms with E-state index >= 15 is 0 Å². The van der Waals surface area contributed by atoms with Crippen LogP contribution in [0.25, 0.3) is 5.69 Å². The Balaban J connectivity index is 1.72. The molecule has 7 heteroatoms. The molecule has 3 heterocycles. The first-order valence-corrected chi connectivity index (χ1v) is 11.9. The second kappa shape index (κ2) is 8.78. The fourth-order valence-corrected chi connectivity index (χ4v) is 5.40. The number of aromatic nitrogens is 2. The lowest BCUT2D eigenvalue weighted by Gasteiger charge is -2.29. The van der Waals surface area contributed by atoms with Crippen LogP contribution in [0.5, 0.6) is 5.75 Å². The zero-order chi connectivity index (χ0) is 24.0. The number of para-hydroxylation sites is 1. The Hall–Kier alpha value is -3.35. The highest BCUT2D eigenvalue weighted by Crippen LogP contribution is 2.46. The highest BCUT2D eigenvalue weighted by molar-refractivity contribution is 7.80. The van der Waals surface area contributed by atoms with Crippen LogP contribution in [0.4, 0.5) is 5.69 Å². The van der Waals surface area contributed by atoms with Gasteiger partial charge in [-0.2, -0.15) is 0 Å². The minimum absolute atomic E-state index is 0.118. The van der Waals surface area contributed by atoms with Crippen molar-refractivity contribution in [1.82, 2.24) is 14.9 Å². The topological polar surface area (TPSA) is 53.3 Å². The number of nitrogens with zero attached hydrogens (tertiary/aromatic N) is 3. The van der Waals surface area contributed by atoms with E-state index in [-0.39, 0.29) is 17.8 Å². The third kappa shape index (κ3) is 3.73. The van der Waals surface area contributed by atoms with Crippen LogP contribution in [-0.2, 0) is 0 Å². The number of aromatic hydroxyl groups is 1. The lowest BCUT2D eigenvalue weighted by Crippen LogP contribution is -2.29. The molecule has 5 rings (SSSR count). The molecule has 1 aliphatic heterocycles. The lowest BCUT2D eigenvalue weighted by molar-refractivity contribution is 0.472. The fourth-order valence-electron chi connectivity index (χ4n) is 4.89. The first-order valence-electron chi connectivity index (χ1n) is 11.1. The second-order valence-corrected chi connectivity index (χ2v) is 9.40. The molecule has 2 aromatic heterocycles. The second-order valence-electron chi connectivity index (χ2n) is 8.58. The number of thiocarbonyl (C=S) groups is 1. The highest BCUT2D eigenvalue weighted by atomic mass is 35.5. The van der Waals surface area contributed by atoms with Gasteiger partial charge in [0.25, 0.3) is 0 Å². The number of rotatable bonds is 4. The van der Waals surface area contributed by atoms with Crippen LogP contribution < -0.4 is 10.2 Å². The summed E-state index contributed by atoms with van der Waals surface area (Å²) in [5.41, 5.74) is 7.10. The summed E-state index contributed by atoms with van der Waals surface area (Å²) in [5, 5.41) is 15.3. The maximum atomic E-state index is 10.8. The SMILES string of the molecule is Cc1ccccc1-n1c(C)cc([C@H]2[C@H](c3ccccn3)NC(=S)N2c2cc(Cl)ccc2O)c1C. The molecule has 0 saturated carbocycles. The van der Waals surface area contributed by atoms with Crippen molar-refractivity contribution in [3.63, 3.8) is 0 Å². The standard InChI is InChI=1S/C27H25ClN4OS/c1-16-8-4-5-10-22(16)31-17(2)14-20(18(31)3)26-25(21-9-6-7-13-29-21)30-27(34)32(26)23-15-19(28)11-12-24(23)33/h4-15,25-26,33H,1-3H3,(H,30,34)/t25-,26-/m0/s1. The van der Waals surface area contributed by atoms with Crippen LogP contribution in [0, 0.1) is 20.8 Å². The van der Waals surface area contributed by atoms with Crippen molar-refractivity contribution in [2.45, 2.75) is 32.9 Å². The minimum atomic E-state index is -0.240. The summed E-state index contributed by atoms with van der Waals surface area (Å²) in [7, 11) is 0. The molecule has 2 atom stereocenters. The molecular weight excluding hydrogens is 464 g/mol. The van der Waals surface area contributed by atoms with Crippen LogP contribution in [0.2, 0.25) is 5.02 Å². The third-order valence-corrected chi connectivity index (χ3v) is 6.99. The zero-order valence-corrected chi connectivity index (χ0v) is 20.7. The van der Waals surface area contributed by atoms with E-state index in [1.165, 1.54) is 5.56 Å². The molecule has 0 bridgehead atoms. The maximum absolute atomic E-state index is 10.8. The molecule has 0 unspecified atom stereocenters. The largest absolute Gasteiger partial charge is 0.506 e. The van der Waals surface area contributed by atoms with E-state index in [4.69, 9.17) is 23.8 Å². The molecule has 5 nitrogen and oxygen atoms in total. The summed E-state index contributed by atoms with van der Waals surface area (Å²) < 4.78 is 2.28. The zero-order valence-electron chi connectivity index (χ0n) is 19.2. The van der Waals surface area contributed by atoms with Crippen LogP contribution in [0.15, 0.2) is 72.9 Å². The van der Waals surface area contributed by atoms with Crippen molar-refractivity contribution >= 4 is 34.6 Å². The third-order valence-electron chi connectivity index (χ3n) is 6.44. The quantitative estimate of drug-likeness (QED) is 0.328. The van der Waals surface area contributed by atoms with Crippen LogP contribution in [0.1, 0.15) is 40.3 Å². The van der Waals surface area contributed by atoms with Crippen molar-refractivity contribution < 1.29 is 5.11 Å². The number of phenolic OH excluding ortho intramolecular Hbond substituents is 1. The molecule has 0 spiro atoms. The normalized spacial score (nSPS) is 17.8. The van der Waals surface area contributed by atoms with Gasteiger partial charge in [-0.15, -0.1) is 0 Å². The number of halogens is 1. The Labute approximate surface area is 209 Å². The Morgan fingerprint density at radius 1 is 0.971 bits per heavy atom. The van der Waals surface area contributed by atoms with E-state index in [9.17, 15) is 5.11 Å². The van der Waals surface area contributed by atoms with Crippen molar-refractivity contribution in [1.29, 1.82) is 0 Å². The Morgan fingerprint density at radius 2 is 1.74 bits per heavy atom. The molecule has 34 heavy (non-hydrogen) atoms. The average molecular weight is 489 g/mol. The Morgan fingerprint density at radius 3 is 2.47 bits per heavy atom. The van der Waals surface area contributed by atoms with Crippen LogP contribution in [0.3, 0.4) is 0 Å². The van der Waals surface area contributed by atoms with Gasteiger partial charge in [-0.05, 0) is 86.6 Å². The van der Waals surface area contributed by atoms with Gasteiger partial charge in [-0.1, -0.05) is 35.9 Å². The van der Waals surface area contributed by atoms with Gasteiger partial charge in [0, 0.05) is 28.3 Å². The summed E-state index contributed by atoms with van der Waals surface area (Å²) in [5.74, 6) is 0.118. The number of phenols is 1. The van der Waals surface area contributed by atoms with Crippen LogP contribution >= 0.6 is 23.8 Å². The van der Waals surface area contributed by atoms with Gasteiger partial charge in [-0.3, -0.25) is 4.98 Å². The number of benzene rings is 2. The molecular formula is C27H25ClN4OS. The summed E-state index contributed by atoms with van der Waals surface area (Å²) in [6.45, 7) is 6.36. The minimum Gasteiger partial charge on any atom is -0.506 e. The van der Waals surface area contributed by atoms with Gasteiger partial charge in [0.15, 0.2) is 5.11 Å². The van der Waals surface area contributed by atoms with Crippen molar-refractivity contribution in [3.05, 3.63) is 106 Å². The summed E-state index contributed by atoms with van der Waals surface area (Å²) in [6, 6.07) is 21.0. The summed E-state index contributed by atoms with van der Waals surface area (Å²) in [6.07, 6.45) is 1.78.